The van der Waals surface area contributed by atoms with Crippen LogP contribution < -0.4 is 0 Å². The van der Waals surface area contributed by atoms with E-state index in [2.05, 4.69) is 4.94 Å². The van der Waals surface area contributed by atoms with Gasteiger partial charge in [0.1, 0.15) is 0 Å². The molecule has 0 saturated heterocycles. The van der Waals surface area contributed by atoms with Crippen LogP contribution in [0.25, 0.3) is 0 Å². The molecule has 0 spiro atoms. The van der Waals surface area contributed by atoms with Crippen LogP contribution in [-0.2, 0) is 19.5 Å². The van der Waals surface area contributed by atoms with Crippen molar-refractivity contribution in [3.63, 3.8) is 0 Å². The molecule has 2 atom stereocenters. The van der Waals surface area contributed by atoms with Crippen molar-refractivity contribution in [1.82, 2.24) is 0 Å². The average Bonchev–Trinajstić information content (AvgIpc) is 2.24. The summed E-state index contributed by atoms with van der Waals surface area (Å²) >= 11 is 0. The molecule has 92 valence electrons. The summed E-state index contributed by atoms with van der Waals surface area (Å²) in [5, 5.41) is 0. The van der Waals surface area contributed by atoms with Crippen molar-refractivity contribution in [2.75, 3.05) is 0 Å². The van der Waals surface area contributed by atoms with E-state index in [0.29, 0.717) is 0 Å². The minimum Gasteiger partial charge on any atom is -1.00 e. The predicted octanol–water partition coefficient (Wildman–Crippen LogP) is 0.998. The Morgan fingerprint density at radius 2 is 1.56 bits per heavy atom. The molecule has 0 aromatic heterocycles. The van der Waals surface area contributed by atoms with Gasteiger partial charge in [0.25, 0.3) is 0 Å². The van der Waals surface area contributed by atoms with Crippen LogP contribution in [0.2, 0.25) is 0 Å². The van der Waals surface area contributed by atoms with Gasteiger partial charge in [-0.05, 0) is 0 Å². The first-order chi connectivity index (χ1) is 6.78. The van der Waals surface area contributed by atoms with Crippen molar-refractivity contribution >= 4 is 49.7 Å². The molecule has 0 radical (unpaired) electrons. The van der Waals surface area contributed by atoms with Crippen LogP contribution >= 0.6 is 0 Å². The van der Waals surface area contributed by atoms with Gasteiger partial charge in [-0.2, -0.15) is 8.78 Å². The van der Waals surface area contributed by atoms with Crippen molar-refractivity contribution in [3.05, 3.63) is 0 Å². The fourth-order valence-corrected chi connectivity index (χ4v) is 0.510. The van der Waals surface area contributed by atoms with Gasteiger partial charge in [-0.1, -0.05) is 0 Å². The van der Waals surface area contributed by atoms with Gasteiger partial charge < -0.3 is 2.85 Å². The summed E-state index contributed by atoms with van der Waals surface area (Å²) in [4.78, 5) is 23.9. The summed E-state index contributed by atoms with van der Waals surface area (Å²) in [6.45, 7) is 0. The van der Waals surface area contributed by atoms with Gasteiger partial charge >= 0.3 is 55.6 Å². The van der Waals surface area contributed by atoms with E-state index in [-0.39, 0.29) is 40.6 Å². The van der Waals surface area contributed by atoms with E-state index in [1.54, 1.807) is 0 Å². The quantitative estimate of drug-likeness (QED) is 0.570. The molecule has 0 aliphatic rings. The second-order valence-electron chi connectivity index (χ2n) is 2.19. The van der Waals surface area contributed by atoms with E-state index >= 15 is 0 Å². The van der Waals surface area contributed by atoms with Crippen LogP contribution in [0.3, 0.4) is 0 Å². The number of halogens is 6. The molecule has 16 heavy (non-hydrogen) atoms. The number of rotatable bonds is 4. The monoisotopic (exact) mass is 282 g/mol. The fourth-order valence-electron chi connectivity index (χ4n) is 0.510. The van der Waals surface area contributed by atoms with Crippen LogP contribution in [0.4, 0.5) is 26.6 Å². The van der Waals surface area contributed by atoms with E-state index in [9.17, 15) is 36.2 Å². The third-order valence-electron chi connectivity index (χ3n) is 1.25. The Morgan fingerprint density at radius 3 is 1.88 bits per heavy atom. The molecule has 0 heterocycles. The van der Waals surface area contributed by atoms with Gasteiger partial charge in [0.2, 0.25) is 12.3 Å². The Bertz CT molecular complexity index is 270. The number of hydrogen-bond acceptors (Lipinski definition) is 4. The number of carbonyl (C=O) groups excluding carboxylic acids is 2. The maximum absolute atomic E-state index is 12.4. The predicted molar refractivity (Wildman–Crippen MR) is 37.1 cm³/mol. The zero-order chi connectivity index (χ0) is 12.2. The van der Waals surface area contributed by atoms with E-state index in [0.717, 1.165) is 0 Å². The van der Waals surface area contributed by atoms with Crippen molar-refractivity contribution in [2.24, 2.45) is 0 Å². The molecule has 0 aromatic rings. The molecule has 0 rings (SSSR count). The van der Waals surface area contributed by atoms with Crippen molar-refractivity contribution in [1.29, 1.82) is 0 Å². The second kappa shape index (κ2) is 7.17. The molecular weight excluding hydrogens is 278 g/mol. The normalized spacial score (nSPS) is 14.4. The van der Waals surface area contributed by atoms with Crippen LogP contribution in [0, 0.1) is 0 Å². The summed E-state index contributed by atoms with van der Waals surface area (Å²) in [5.41, 5.74) is 0. The molecule has 0 aliphatic heterocycles. The molecule has 0 aromatic carbocycles. The van der Waals surface area contributed by atoms with Gasteiger partial charge in [-0.15, -0.1) is 0 Å². The van der Waals surface area contributed by atoms with Gasteiger partial charge in [0, 0.05) is 9.05 Å². The Kier molecular flexibility index (Phi) is 8.14. The van der Waals surface area contributed by atoms with Crippen molar-refractivity contribution in [2.45, 2.75) is 18.3 Å². The maximum atomic E-state index is 12.4. The minimum atomic E-state index is -5.28. The molecule has 0 amide bonds. The van der Waals surface area contributed by atoms with E-state index in [1.807, 2.05) is 4.94 Å². The third-order valence-corrected chi connectivity index (χ3v) is 1.25. The molecule has 0 N–H and O–H groups in total. The van der Waals surface area contributed by atoms with Crippen LogP contribution in [0.1, 0.15) is 2.85 Å². The van der Waals surface area contributed by atoms with E-state index < -0.39 is 30.2 Å². The molecule has 11 heteroatoms. The number of hydrogen-bond donors (Lipinski definition) is 0. The average molecular weight is 282 g/mol. The summed E-state index contributed by atoms with van der Waals surface area (Å²) < 4.78 is 71.2. The Morgan fingerprint density at radius 1 is 1.12 bits per heavy atom. The number of carbonyl (C=O) groups is 2. The summed E-state index contributed by atoms with van der Waals surface area (Å²) in [6.07, 6.45) is -7.91. The van der Waals surface area contributed by atoms with E-state index in [4.69, 9.17) is 0 Å². The number of alkyl halides is 4. The molecule has 4 nitrogen and oxygen atoms in total. The molecule has 0 saturated carbocycles. The Labute approximate surface area is 117 Å². The Hall–Kier alpha value is -0.220. The summed E-state index contributed by atoms with van der Waals surface area (Å²) in [5.74, 6) is -10.9. The first-order valence-corrected chi connectivity index (χ1v) is 3.10. The van der Waals surface area contributed by atoms with Crippen LogP contribution in [0.5, 0.6) is 0 Å². The zero-order valence-electron chi connectivity index (χ0n) is 9.26. The molecular formula is C5H4CaF6O4. The maximum Gasteiger partial charge on any atom is 2.00 e. The molecule has 0 fully saturated rings. The fraction of sp³-hybridized carbons (Fsp3) is 0.600. The van der Waals surface area contributed by atoms with Gasteiger partial charge in [-0.25, -0.2) is 23.3 Å². The van der Waals surface area contributed by atoms with Gasteiger partial charge in [-0.3, -0.25) is 4.94 Å². The van der Waals surface area contributed by atoms with Crippen LogP contribution in [-0.4, -0.2) is 67.9 Å². The van der Waals surface area contributed by atoms with E-state index in [1.165, 1.54) is 0 Å². The first kappa shape index (κ1) is 18.2. The van der Waals surface area contributed by atoms with Gasteiger partial charge in [0.15, 0.2) is 0 Å². The zero-order valence-corrected chi connectivity index (χ0v) is 9.47. The topological polar surface area (TPSA) is 52.6 Å². The second-order valence-corrected chi connectivity index (χ2v) is 2.19. The minimum absolute atomic E-state index is 0. The van der Waals surface area contributed by atoms with Crippen molar-refractivity contribution in [3.8, 4) is 0 Å². The summed E-state index contributed by atoms with van der Waals surface area (Å²) in [7, 11) is 0. The SMILES string of the molecule is O=C(OF)C(F)C(F)C(F)(F)C(=O)OF.[Ca+2].[H-].[H-]. The third kappa shape index (κ3) is 3.98. The Balaban J connectivity index is -0.000000327. The molecule has 0 aliphatic carbocycles. The smallest absolute Gasteiger partial charge is 1.00 e. The standard InChI is InChI=1S/C5H2F6O4.Ca.2H/c6-1(3(12)14-10)2(7)5(8,9)4(13)15-11;;;/h1-2H;;;/q;+2;2*-1. The molecule has 2 unspecified atom stereocenters. The van der Waals surface area contributed by atoms with Gasteiger partial charge in [0.05, 0.1) is 0 Å². The summed E-state index contributed by atoms with van der Waals surface area (Å²) in [6, 6.07) is 0. The van der Waals surface area contributed by atoms with Crippen molar-refractivity contribution < 1.29 is 48.9 Å². The largest absolute Gasteiger partial charge is 2.00 e. The van der Waals surface area contributed by atoms with Crippen LogP contribution in [0.15, 0.2) is 0 Å². The molecule has 0 bridgehead atoms. The first-order valence-electron chi connectivity index (χ1n) is 3.10.